The summed E-state index contributed by atoms with van der Waals surface area (Å²) in [5.74, 6) is 0.556. The van der Waals surface area contributed by atoms with E-state index < -0.39 is 0 Å². The molecule has 0 radical (unpaired) electrons. The fourth-order valence-corrected chi connectivity index (χ4v) is 2.51. The molecular formula is C15H21FN2S. The van der Waals surface area contributed by atoms with Crippen LogP contribution >= 0.6 is 12.2 Å². The lowest BCUT2D eigenvalue weighted by Crippen LogP contribution is -2.27. The molecule has 0 amide bonds. The van der Waals surface area contributed by atoms with Crippen molar-refractivity contribution in [3.63, 3.8) is 0 Å². The van der Waals surface area contributed by atoms with Crippen molar-refractivity contribution in [2.24, 2.45) is 11.7 Å². The minimum Gasteiger partial charge on any atom is -0.389 e. The number of nitrogens with two attached hydrogens (primary N) is 1. The average Bonchev–Trinajstić information content (AvgIpc) is 3.15. The van der Waals surface area contributed by atoms with Crippen LogP contribution in [0, 0.1) is 11.7 Å². The summed E-state index contributed by atoms with van der Waals surface area (Å²) >= 11 is 4.88. The smallest absolute Gasteiger partial charge is 0.137 e. The topological polar surface area (TPSA) is 29.3 Å². The van der Waals surface area contributed by atoms with Crippen molar-refractivity contribution >= 4 is 17.2 Å². The van der Waals surface area contributed by atoms with Crippen LogP contribution in [0.5, 0.6) is 0 Å². The van der Waals surface area contributed by atoms with Gasteiger partial charge in [0.2, 0.25) is 0 Å². The summed E-state index contributed by atoms with van der Waals surface area (Å²) in [4.78, 5) is 2.46. The van der Waals surface area contributed by atoms with Crippen molar-refractivity contribution in [3.05, 3.63) is 35.1 Å². The summed E-state index contributed by atoms with van der Waals surface area (Å²) in [6.45, 7) is 4.88. The molecule has 0 unspecified atom stereocenters. The Morgan fingerprint density at radius 1 is 1.47 bits per heavy atom. The maximum absolute atomic E-state index is 14.3. The average molecular weight is 280 g/mol. The normalized spacial score (nSPS) is 14.9. The largest absolute Gasteiger partial charge is 0.389 e. The molecule has 1 aromatic carbocycles. The quantitative estimate of drug-likeness (QED) is 0.778. The summed E-state index contributed by atoms with van der Waals surface area (Å²) in [6.07, 6.45) is 3.72. The van der Waals surface area contributed by atoms with Gasteiger partial charge in [-0.3, -0.25) is 4.90 Å². The van der Waals surface area contributed by atoms with Crippen LogP contribution in [0.15, 0.2) is 18.2 Å². The van der Waals surface area contributed by atoms with Gasteiger partial charge in [-0.1, -0.05) is 31.3 Å². The van der Waals surface area contributed by atoms with Crippen LogP contribution in [0.3, 0.4) is 0 Å². The van der Waals surface area contributed by atoms with E-state index in [1.807, 2.05) is 12.1 Å². The second-order valence-electron chi connectivity index (χ2n) is 5.32. The van der Waals surface area contributed by atoms with Crippen molar-refractivity contribution in [1.82, 2.24) is 4.90 Å². The summed E-state index contributed by atoms with van der Waals surface area (Å²) in [5, 5.41) is 0. The van der Waals surface area contributed by atoms with E-state index in [4.69, 9.17) is 18.0 Å². The third kappa shape index (κ3) is 3.98. The van der Waals surface area contributed by atoms with Crippen molar-refractivity contribution < 1.29 is 4.39 Å². The van der Waals surface area contributed by atoms with Crippen LogP contribution in [0.4, 0.5) is 4.39 Å². The molecule has 1 fully saturated rings. The van der Waals surface area contributed by atoms with Crippen molar-refractivity contribution in [2.45, 2.75) is 32.7 Å². The molecule has 19 heavy (non-hydrogen) atoms. The Hall–Kier alpha value is -1.00. The molecule has 0 aromatic heterocycles. The highest BCUT2D eigenvalue weighted by Gasteiger charge is 2.24. The van der Waals surface area contributed by atoms with Gasteiger partial charge in [0, 0.05) is 24.2 Å². The van der Waals surface area contributed by atoms with Crippen LogP contribution in [0.1, 0.15) is 37.3 Å². The Labute approximate surface area is 119 Å². The molecule has 2 nitrogen and oxygen atoms in total. The van der Waals surface area contributed by atoms with Gasteiger partial charge >= 0.3 is 0 Å². The highest BCUT2D eigenvalue weighted by molar-refractivity contribution is 7.80. The van der Waals surface area contributed by atoms with E-state index >= 15 is 0 Å². The van der Waals surface area contributed by atoms with E-state index in [1.165, 1.54) is 12.8 Å². The molecule has 0 bridgehead atoms. The van der Waals surface area contributed by atoms with Gasteiger partial charge in [-0.25, -0.2) is 4.39 Å². The zero-order chi connectivity index (χ0) is 13.8. The molecule has 0 saturated heterocycles. The monoisotopic (exact) mass is 280 g/mol. The highest BCUT2D eigenvalue weighted by atomic mass is 32.1. The predicted octanol–water partition coefficient (Wildman–Crippen LogP) is 3.08. The van der Waals surface area contributed by atoms with Gasteiger partial charge in [-0.05, 0) is 37.8 Å². The van der Waals surface area contributed by atoms with Crippen LogP contribution < -0.4 is 5.73 Å². The molecule has 2 rings (SSSR count). The number of nitrogens with zero attached hydrogens (tertiary/aromatic N) is 1. The van der Waals surface area contributed by atoms with Crippen LogP contribution in [-0.4, -0.2) is 23.0 Å². The Kier molecular flexibility index (Phi) is 4.88. The Bertz CT molecular complexity index is 457. The number of rotatable bonds is 7. The molecule has 1 aliphatic carbocycles. The van der Waals surface area contributed by atoms with Gasteiger partial charge in [0.1, 0.15) is 10.8 Å². The standard InChI is InChI=1S/C15H21FN2S/c1-2-8-18(9-11-6-7-11)10-12-4-3-5-13(14(12)16)15(17)19/h3-5,11H,2,6-10H2,1H3,(H2,17,19). The van der Waals surface area contributed by atoms with Crippen molar-refractivity contribution in [3.8, 4) is 0 Å². The minimum atomic E-state index is -0.258. The van der Waals surface area contributed by atoms with Crippen LogP contribution in [0.2, 0.25) is 0 Å². The molecular weight excluding hydrogens is 259 g/mol. The Morgan fingerprint density at radius 2 is 2.21 bits per heavy atom. The molecule has 0 spiro atoms. The van der Waals surface area contributed by atoms with E-state index in [0.29, 0.717) is 17.7 Å². The van der Waals surface area contributed by atoms with E-state index in [1.54, 1.807) is 6.07 Å². The number of hydrogen-bond donors (Lipinski definition) is 1. The molecule has 0 heterocycles. The van der Waals surface area contributed by atoms with Crippen molar-refractivity contribution in [1.29, 1.82) is 0 Å². The zero-order valence-electron chi connectivity index (χ0n) is 11.4. The van der Waals surface area contributed by atoms with Gasteiger partial charge in [0.05, 0.1) is 0 Å². The zero-order valence-corrected chi connectivity index (χ0v) is 12.2. The maximum atomic E-state index is 14.3. The SMILES string of the molecule is CCCN(Cc1cccc(C(N)=S)c1F)CC1CC1. The van der Waals surface area contributed by atoms with Crippen LogP contribution in [-0.2, 0) is 6.54 Å². The minimum absolute atomic E-state index is 0.128. The van der Waals surface area contributed by atoms with Gasteiger partial charge in [0.25, 0.3) is 0 Å². The van der Waals surface area contributed by atoms with E-state index in [-0.39, 0.29) is 10.8 Å². The lowest BCUT2D eigenvalue weighted by Gasteiger charge is -2.22. The maximum Gasteiger partial charge on any atom is 0.137 e. The first-order valence-electron chi connectivity index (χ1n) is 6.91. The lowest BCUT2D eigenvalue weighted by molar-refractivity contribution is 0.251. The molecule has 0 atom stereocenters. The van der Waals surface area contributed by atoms with Gasteiger partial charge < -0.3 is 5.73 Å². The van der Waals surface area contributed by atoms with E-state index in [9.17, 15) is 4.39 Å². The molecule has 1 saturated carbocycles. The summed E-state index contributed by atoms with van der Waals surface area (Å²) in [5.41, 5.74) is 6.59. The van der Waals surface area contributed by atoms with Crippen LogP contribution in [0.25, 0.3) is 0 Å². The summed E-state index contributed by atoms with van der Waals surface area (Å²) in [6, 6.07) is 5.30. The van der Waals surface area contributed by atoms with Gasteiger partial charge in [-0.2, -0.15) is 0 Å². The lowest BCUT2D eigenvalue weighted by atomic mass is 10.1. The predicted molar refractivity (Wildman–Crippen MR) is 80.6 cm³/mol. The molecule has 1 aromatic rings. The van der Waals surface area contributed by atoms with Gasteiger partial charge in [-0.15, -0.1) is 0 Å². The first-order valence-corrected chi connectivity index (χ1v) is 7.32. The first kappa shape index (κ1) is 14.4. The fraction of sp³-hybridized carbons (Fsp3) is 0.533. The van der Waals surface area contributed by atoms with Gasteiger partial charge in [0.15, 0.2) is 0 Å². The molecule has 2 N–H and O–H groups in total. The second-order valence-corrected chi connectivity index (χ2v) is 5.76. The number of thiocarbonyl (C=S) groups is 1. The third-order valence-electron chi connectivity index (χ3n) is 3.49. The first-order chi connectivity index (χ1) is 9.11. The second kappa shape index (κ2) is 6.44. The summed E-state index contributed by atoms with van der Waals surface area (Å²) in [7, 11) is 0. The fourth-order valence-electron chi connectivity index (χ4n) is 2.35. The number of halogens is 1. The molecule has 104 valence electrons. The Morgan fingerprint density at radius 3 is 2.79 bits per heavy atom. The third-order valence-corrected chi connectivity index (χ3v) is 3.71. The molecule has 1 aliphatic rings. The molecule has 4 heteroatoms. The summed E-state index contributed by atoms with van der Waals surface area (Å²) < 4.78 is 14.3. The number of hydrogen-bond acceptors (Lipinski definition) is 2. The van der Waals surface area contributed by atoms with E-state index in [2.05, 4.69) is 11.8 Å². The van der Waals surface area contributed by atoms with Crippen molar-refractivity contribution in [2.75, 3.05) is 13.1 Å². The Balaban J connectivity index is 2.11. The number of benzene rings is 1. The van der Waals surface area contributed by atoms with E-state index in [0.717, 1.165) is 25.4 Å². The molecule has 0 aliphatic heterocycles. The highest BCUT2D eigenvalue weighted by Crippen LogP contribution is 2.30.